The molecule has 0 unspecified atom stereocenters. The molecule has 3 aromatic rings. The predicted octanol–water partition coefficient (Wildman–Crippen LogP) is 5.48. The first kappa shape index (κ1) is 22.8. The van der Waals surface area contributed by atoms with Crippen LogP contribution in [-0.4, -0.2) is 21.5 Å². The van der Waals surface area contributed by atoms with Crippen LogP contribution in [0.25, 0.3) is 11.1 Å². The first-order valence-corrected chi connectivity index (χ1v) is 11.8. The van der Waals surface area contributed by atoms with Crippen LogP contribution in [0.3, 0.4) is 0 Å². The number of nitrogens with zero attached hydrogens (tertiary/aromatic N) is 1. The van der Waals surface area contributed by atoms with Crippen LogP contribution in [-0.2, 0) is 14.8 Å². The van der Waals surface area contributed by atoms with Crippen molar-refractivity contribution in [3.05, 3.63) is 82.1 Å². The zero-order valence-electron chi connectivity index (χ0n) is 17.4. The number of esters is 1. The zero-order chi connectivity index (χ0) is 23.8. The largest absolute Gasteiger partial charge is 0.465 e. The SMILES string of the molecule is COC(=O)c1ccc(C2CC2)c(S(=O)(=O)Nc2cc(C#N)c(Cl)cc2-c2cccc(F)c2)c1. The lowest BCUT2D eigenvalue weighted by molar-refractivity contribution is 0.0600. The van der Waals surface area contributed by atoms with Crippen molar-refractivity contribution in [2.24, 2.45) is 0 Å². The molecule has 0 heterocycles. The van der Waals surface area contributed by atoms with Crippen LogP contribution in [0.1, 0.15) is 40.2 Å². The fourth-order valence-electron chi connectivity index (χ4n) is 3.58. The van der Waals surface area contributed by atoms with Crippen molar-refractivity contribution in [1.29, 1.82) is 5.26 Å². The van der Waals surface area contributed by atoms with Crippen molar-refractivity contribution >= 4 is 33.3 Å². The average molecular weight is 485 g/mol. The first-order valence-electron chi connectivity index (χ1n) is 9.98. The van der Waals surface area contributed by atoms with E-state index >= 15 is 0 Å². The number of sulfonamides is 1. The summed E-state index contributed by atoms with van der Waals surface area (Å²) < 4.78 is 48.1. The van der Waals surface area contributed by atoms with E-state index in [0.717, 1.165) is 12.8 Å². The topological polar surface area (TPSA) is 96.3 Å². The highest BCUT2D eigenvalue weighted by atomic mass is 35.5. The van der Waals surface area contributed by atoms with Crippen molar-refractivity contribution in [2.45, 2.75) is 23.7 Å². The van der Waals surface area contributed by atoms with Crippen molar-refractivity contribution in [1.82, 2.24) is 0 Å². The summed E-state index contributed by atoms with van der Waals surface area (Å²) in [7, 11) is -2.98. The number of hydrogen-bond donors (Lipinski definition) is 1. The molecular formula is C24H18ClFN2O4S. The third-order valence-electron chi connectivity index (χ3n) is 5.35. The summed E-state index contributed by atoms with van der Waals surface area (Å²) in [4.78, 5) is 12.0. The number of anilines is 1. The Balaban J connectivity index is 1.85. The molecule has 0 radical (unpaired) electrons. The van der Waals surface area contributed by atoms with Crippen LogP contribution >= 0.6 is 11.6 Å². The Bertz CT molecular complexity index is 1410. The smallest absolute Gasteiger partial charge is 0.337 e. The van der Waals surface area contributed by atoms with Gasteiger partial charge < -0.3 is 4.74 Å². The fourth-order valence-corrected chi connectivity index (χ4v) is 5.18. The monoisotopic (exact) mass is 484 g/mol. The highest BCUT2D eigenvalue weighted by molar-refractivity contribution is 7.92. The molecule has 6 nitrogen and oxygen atoms in total. The van der Waals surface area contributed by atoms with Gasteiger partial charge in [-0.15, -0.1) is 0 Å². The lowest BCUT2D eigenvalue weighted by Gasteiger charge is -2.17. The van der Waals surface area contributed by atoms with Gasteiger partial charge in [-0.2, -0.15) is 5.26 Å². The average Bonchev–Trinajstić information content (AvgIpc) is 3.64. The Morgan fingerprint density at radius 1 is 1.18 bits per heavy atom. The second-order valence-corrected chi connectivity index (χ2v) is 9.68. The first-order chi connectivity index (χ1) is 15.7. The number of nitriles is 1. The van der Waals surface area contributed by atoms with Gasteiger partial charge in [0.05, 0.1) is 33.8 Å². The van der Waals surface area contributed by atoms with Gasteiger partial charge in [-0.25, -0.2) is 17.6 Å². The Labute approximate surface area is 195 Å². The maximum absolute atomic E-state index is 13.9. The standard InChI is InChI=1S/C24H18ClFN2O4S/c1-32-24(29)16-7-8-19(14-5-6-14)23(11-16)33(30,31)28-22-10-17(13-27)21(25)12-20(22)15-3-2-4-18(26)9-15/h2-4,7-12,14,28H,5-6H2,1H3. The minimum absolute atomic E-state index is 0.0495. The van der Waals surface area contributed by atoms with Crippen LogP contribution in [0, 0.1) is 17.1 Å². The maximum Gasteiger partial charge on any atom is 0.337 e. The number of carbonyl (C=O) groups is 1. The van der Waals surface area contributed by atoms with E-state index in [-0.39, 0.29) is 32.7 Å². The Morgan fingerprint density at radius 3 is 2.58 bits per heavy atom. The summed E-state index contributed by atoms with van der Waals surface area (Å²) in [6, 6.07) is 14.7. The van der Waals surface area contributed by atoms with E-state index in [9.17, 15) is 22.9 Å². The summed E-state index contributed by atoms with van der Waals surface area (Å²) >= 11 is 6.18. The Kier molecular flexibility index (Phi) is 6.11. The van der Waals surface area contributed by atoms with Gasteiger partial charge >= 0.3 is 5.97 Å². The number of nitrogens with one attached hydrogen (secondary N) is 1. The summed E-state index contributed by atoms with van der Waals surface area (Å²) in [6.45, 7) is 0. The van der Waals surface area contributed by atoms with Crippen LogP contribution < -0.4 is 4.72 Å². The van der Waals surface area contributed by atoms with E-state index in [1.807, 2.05) is 6.07 Å². The molecule has 1 saturated carbocycles. The van der Waals surface area contributed by atoms with Gasteiger partial charge in [0.1, 0.15) is 11.9 Å². The van der Waals surface area contributed by atoms with Gasteiger partial charge in [0.2, 0.25) is 0 Å². The van der Waals surface area contributed by atoms with Gasteiger partial charge in [0.25, 0.3) is 10.0 Å². The number of rotatable bonds is 6. The fraction of sp³-hybridized carbons (Fsp3) is 0.167. The summed E-state index contributed by atoms with van der Waals surface area (Å²) in [5, 5.41) is 9.49. The lowest BCUT2D eigenvalue weighted by atomic mass is 10.0. The third-order valence-corrected chi connectivity index (χ3v) is 7.08. The summed E-state index contributed by atoms with van der Waals surface area (Å²) in [6.07, 6.45) is 1.68. The Hall–Kier alpha value is -3.41. The molecule has 0 spiro atoms. The second kappa shape index (κ2) is 8.85. The van der Waals surface area contributed by atoms with Crippen molar-refractivity contribution < 1.29 is 22.3 Å². The number of ether oxygens (including phenoxy) is 1. The molecule has 33 heavy (non-hydrogen) atoms. The van der Waals surface area contributed by atoms with Gasteiger partial charge in [-0.05, 0) is 66.3 Å². The predicted molar refractivity (Wildman–Crippen MR) is 122 cm³/mol. The highest BCUT2D eigenvalue weighted by Gasteiger charge is 2.32. The molecule has 1 aliphatic carbocycles. The van der Waals surface area contributed by atoms with Crippen LogP contribution in [0.4, 0.5) is 10.1 Å². The van der Waals surface area contributed by atoms with E-state index < -0.39 is 21.8 Å². The van der Waals surface area contributed by atoms with Gasteiger partial charge in [-0.1, -0.05) is 29.8 Å². The minimum Gasteiger partial charge on any atom is -0.465 e. The molecule has 0 atom stereocenters. The molecule has 0 aromatic heterocycles. The van der Waals surface area contributed by atoms with E-state index in [0.29, 0.717) is 16.7 Å². The number of methoxy groups -OCH3 is 1. The number of halogens is 2. The molecule has 1 N–H and O–H groups in total. The molecule has 0 bridgehead atoms. The number of benzene rings is 3. The van der Waals surface area contributed by atoms with Crippen LogP contribution in [0.2, 0.25) is 5.02 Å². The molecular weight excluding hydrogens is 467 g/mol. The van der Waals surface area contributed by atoms with E-state index in [4.69, 9.17) is 16.3 Å². The molecule has 0 saturated heterocycles. The molecule has 0 amide bonds. The van der Waals surface area contributed by atoms with E-state index in [2.05, 4.69) is 4.72 Å². The summed E-state index contributed by atoms with van der Waals surface area (Å²) in [5.41, 5.74) is 1.49. The van der Waals surface area contributed by atoms with Gasteiger partial charge in [0.15, 0.2) is 0 Å². The molecule has 9 heteroatoms. The number of hydrogen-bond acceptors (Lipinski definition) is 5. The normalized spacial score (nSPS) is 13.3. The Morgan fingerprint density at radius 2 is 1.94 bits per heavy atom. The zero-order valence-corrected chi connectivity index (χ0v) is 19.0. The molecule has 1 fully saturated rings. The van der Waals surface area contributed by atoms with Gasteiger partial charge in [0, 0.05) is 5.56 Å². The molecule has 1 aliphatic rings. The molecule has 0 aliphatic heterocycles. The molecule has 4 rings (SSSR count). The van der Waals surface area contributed by atoms with Crippen molar-refractivity contribution in [3.63, 3.8) is 0 Å². The molecule has 168 valence electrons. The minimum atomic E-state index is -4.20. The maximum atomic E-state index is 13.9. The van der Waals surface area contributed by atoms with Crippen molar-refractivity contribution in [3.8, 4) is 17.2 Å². The van der Waals surface area contributed by atoms with E-state index in [1.165, 1.54) is 49.6 Å². The quantitative estimate of drug-likeness (QED) is 0.467. The van der Waals surface area contributed by atoms with E-state index in [1.54, 1.807) is 12.1 Å². The van der Waals surface area contributed by atoms with Crippen molar-refractivity contribution in [2.75, 3.05) is 11.8 Å². The summed E-state index contributed by atoms with van der Waals surface area (Å²) in [5.74, 6) is -1.10. The third kappa shape index (κ3) is 4.70. The second-order valence-electron chi connectivity index (χ2n) is 7.62. The molecule has 3 aromatic carbocycles. The van der Waals surface area contributed by atoms with Gasteiger partial charge in [-0.3, -0.25) is 4.72 Å². The van der Waals surface area contributed by atoms with Crippen LogP contribution in [0.15, 0.2) is 59.5 Å². The number of carbonyl (C=O) groups excluding carboxylic acids is 1. The lowest BCUT2D eigenvalue weighted by Crippen LogP contribution is -2.17. The highest BCUT2D eigenvalue weighted by Crippen LogP contribution is 2.44. The van der Waals surface area contributed by atoms with Crippen LogP contribution in [0.5, 0.6) is 0 Å².